The Hall–Kier alpha value is -0.830. The molecule has 0 heterocycles. The molecular weight excluding hydrogens is 192 g/mol. The van der Waals surface area contributed by atoms with Crippen LogP contribution in [0.4, 0.5) is 0 Å². The Morgan fingerprint density at radius 2 is 2.00 bits per heavy atom. The van der Waals surface area contributed by atoms with E-state index < -0.39 is 0 Å². The molecule has 0 bridgehead atoms. The molecule has 0 aliphatic rings. The SMILES string of the molecule is CC/C=C(\C=O)OCOCCCCCC. The van der Waals surface area contributed by atoms with Gasteiger partial charge in [-0.3, -0.25) is 4.79 Å². The predicted octanol–water partition coefficient (Wildman–Crippen LogP) is 3.05. The highest BCUT2D eigenvalue weighted by Gasteiger charge is 1.94. The number of aldehydes is 1. The minimum Gasteiger partial charge on any atom is -0.464 e. The number of ether oxygens (including phenoxy) is 2. The van der Waals surface area contributed by atoms with Gasteiger partial charge in [0.15, 0.2) is 18.8 Å². The van der Waals surface area contributed by atoms with Crippen LogP contribution in [0.25, 0.3) is 0 Å². The standard InChI is InChI=1S/C12H22O3/c1-3-5-6-7-9-14-11-15-12(10-13)8-4-2/h8,10H,3-7,9,11H2,1-2H3/b12-8+. The number of carbonyl (C=O) groups excluding carboxylic acids is 1. The van der Waals surface area contributed by atoms with E-state index in [1.54, 1.807) is 6.08 Å². The van der Waals surface area contributed by atoms with Gasteiger partial charge >= 0.3 is 0 Å². The molecule has 3 heteroatoms. The molecule has 0 atom stereocenters. The first kappa shape index (κ1) is 14.2. The van der Waals surface area contributed by atoms with Crippen molar-refractivity contribution in [1.29, 1.82) is 0 Å². The number of rotatable bonds is 10. The van der Waals surface area contributed by atoms with Crippen molar-refractivity contribution in [2.75, 3.05) is 13.4 Å². The van der Waals surface area contributed by atoms with Crippen LogP contribution in [0.3, 0.4) is 0 Å². The van der Waals surface area contributed by atoms with E-state index in [0.29, 0.717) is 18.7 Å². The van der Waals surface area contributed by atoms with E-state index in [1.807, 2.05) is 6.92 Å². The molecule has 0 fully saturated rings. The predicted molar refractivity (Wildman–Crippen MR) is 60.5 cm³/mol. The summed E-state index contributed by atoms with van der Waals surface area (Å²) in [5.74, 6) is 0.367. The van der Waals surface area contributed by atoms with Crippen LogP contribution in [0.15, 0.2) is 11.8 Å². The molecule has 0 aliphatic heterocycles. The molecule has 15 heavy (non-hydrogen) atoms. The van der Waals surface area contributed by atoms with E-state index in [-0.39, 0.29) is 6.79 Å². The van der Waals surface area contributed by atoms with Crippen molar-refractivity contribution in [3.05, 3.63) is 11.8 Å². The molecule has 3 nitrogen and oxygen atoms in total. The molecule has 0 aromatic carbocycles. The van der Waals surface area contributed by atoms with Gasteiger partial charge in [-0.05, 0) is 18.9 Å². The zero-order chi connectivity index (χ0) is 11.4. The number of carbonyl (C=O) groups is 1. The van der Waals surface area contributed by atoms with E-state index in [0.717, 1.165) is 12.8 Å². The van der Waals surface area contributed by atoms with Crippen LogP contribution in [-0.2, 0) is 14.3 Å². The average Bonchev–Trinajstić information content (AvgIpc) is 2.26. The number of hydrogen-bond donors (Lipinski definition) is 0. The van der Waals surface area contributed by atoms with Crippen molar-refractivity contribution in [2.24, 2.45) is 0 Å². The zero-order valence-corrected chi connectivity index (χ0v) is 9.83. The Labute approximate surface area is 92.5 Å². The highest BCUT2D eigenvalue weighted by atomic mass is 16.7. The van der Waals surface area contributed by atoms with E-state index in [9.17, 15) is 4.79 Å². The third kappa shape index (κ3) is 9.47. The van der Waals surface area contributed by atoms with Gasteiger partial charge < -0.3 is 9.47 Å². The Morgan fingerprint density at radius 1 is 1.20 bits per heavy atom. The topological polar surface area (TPSA) is 35.5 Å². The molecule has 0 rings (SSSR count). The van der Waals surface area contributed by atoms with Crippen LogP contribution in [0.1, 0.15) is 46.0 Å². The summed E-state index contributed by atoms with van der Waals surface area (Å²) < 4.78 is 10.3. The summed E-state index contributed by atoms with van der Waals surface area (Å²) in [6, 6.07) is 0. The highest BCUT2D eigenvalue weighted by molar-refractivity contribution is 5.69. The summed E-state index contributed by atoms with van der Waals surface area (Å²) in [5, 5.41) is 0. The fourth-order valence-corrected chi connectivity index (χ4v) is 1.14. The summed E-state index contributed by atoms with van der Waals surface area (Å²) in [4.78, 5) is 10.5. The summed E-state index contributed by atoms with van der Waals surface area (Å²) >= 11 is 0. The number of unbranched alkanes of at least 4 members (excludes halogenated alkanes) is 3. The second kappa shape index (κ2) is 11.2. The molecule has 0 aromatic rings. The molecule has 0 radical (unpaired) electrons. The molecular formula is C12H22O3. The van der Waals surface area contributed by atoms with E-state index in [1.165, 1.54) is 19.3 Å². The molecule has 88 valence electrons. The zero-order valence-electron chi connectivity index (χ0n) is 9.83. The van der Waals surface area contributed by atoms with Crippen molar-refractivity contribution in [1.82, 2.24) is 0 Å². The third-order valence-electron chi connectivity index (χ3n) is 1.97. The highest BCUT2D eigenvalue weighted by Crippen LogP contribution is 2.00. The summed E-state index contributed by atoms with van der Waals surface area (Å²) in [7, 11) is 0. The maximum absolute atomic E-state index is 10.5. The second-order valence-corrected chi connectivity index (χ2v) is 3.36. The molecule has 0 unspecified atom stereocenters. The van der Waals surface area contributed by atoms with Gasteiger partial charge in [-0.15, -0.1) is 0 Å². The van der Waals surface area contributed by atoms with Crippen LogP contribution in [-0.4, -0.2) is 19.7 Å². The van der Waals surface area contributed by atoms with Crippen LogP contribution >= 0.6 is 0 Å². The van der Waals surface area contributed by atoms with Crippen molar-refractivity contribution >= 4 is 6.29 Å². The molecule has 0 aromatic heterocycles. The van der Waals surface area contributed by atoms with Gasteiger partial charge in [0.05, 0.1) is 6.61 Å². The molecule has 0 aliphatic carbocycles. The smallest absolute Gasteiger partial charge is 0.189 e. The lowest BCUT2D eigenvalue weighted by molar-refractivity contribution is -0.111. The molecule has 0 saturated carbocycles. The second-order valence-electron chi connectivity index (χ2n) is 3.36. The summed E-state index contributed by atoms with van der Waals surface area (Å²) in [5.41, 5.74) is 0. The van der Waals surface area contributed by atoms with Crippen molar-refractivity contribution in [2.45, 2.75) is 46.0 Å². The minimum atomic E-state index is 0.177. The Kier molecular flexibility index (Phi) is 10.6. The Bertz CT molecular complexity index is 176. The van der Waals surface area contributed by atoms with Gasteiger partial charge in [0.2, 0.25) is 0 Å². The first-order chi connectivity index (χ1) is 7.35. The molecule has 0 N–H and O–H groups in total. The van der Waals surface area contributed by atoms with Crippen molar-refractivity contribution in [3.63, 3.8) is 0 Å². The summed E-state index contributed by atoms with van der Waals surface area (Å²) in [6.07, 6.45) is 7.99. The normalized spacial score (nSPS) is 11.5. The Morgan fingerprint density at radius 3 is 2.60 bits per heavy atom. The third-order valence-corrected chi connectivity index (χ3v) is 1.97. The number of hydrogen-bond acceptors (Lipinski definition) is 3. The monoisotopic (exact) mass is 214 g/mol. The van der Waals surface area contributed by atoms with E-state index in [4.69, 9.17) is 9.47 Å². The fourth-order valence-electron chi connectivity index (χ4n) is 1.14. The van der Waals surface area contributed by atoms with Gasteiger partial charge in [0.1, 0.15) is 0 Å². The molecule has 0 spiro atoms. The Balaban J connectivity index is 3.29. The quantitative estimate of drug-likeness (QED) is 0.184. The van der Waals surface area contributed by atoms with Gasteiger partial charge in [-0.25, -0.2) is 0 Å². The molecule has 0 saturated heterocycles. The maximum atomic E-state index is 10.5. The van der Waals surface area contributed by atoms with Crippen molar-refractivity contribution in [3.8, 4) is 0 Å². The van der Waals surface area contributed by atoms with E-state index in [2.05, 4.69) is 6.92 Å². The van der Waals surface area contributed by atoms with Gasteiger partial charge in [-0.1, -0.05) is 33.1 Å². The van der Waals surface area contributed by atoms with Crippen LogP contribution in [0.2, 0.25) is 0 Å². The lowest BCUT2D eigenvalue weighted by atomic mass is 10.2. The fraction of sp³-hybridized carbons (Fsp3) is 0.750. The van der Waals surface area contributed by atoms with Crippen LogP contribution < -0.4 is 0 Å². The van der Waals surface area contributed by atoms with Crippen LogP contribution in [0.5, 0.6) is 0 Å². The van der Waals surface area contributed by atoms with Gasteiger partial charge in [0, 0.05) is 0 Å². The lowest BCUT2D eigenvalue weighted by Crippen LogP contribution is -2.02. The average molecular weight is 214 g/mol. The maximum Gasteiger partial charge on any atom is 0.189 e. The molecule has 0 amide bonds. The van der Waals surface area contributed by atoms with Gasteiger partial charge in [0.25, 0.3) is 0 Å². The summed E-state index contributed by atoms with van der Waals surface area (Å²) in [6.45, 7) is 5.02. The van der Waals surface area contributed by atoms with Crippen LogP contribution in [0, 0.1) is 0 Å². The van der Waals surface area contributed by atoms with Gasteiger partial charge in [-0.2, -0.15) is 0 Å². The van der Waals surface area contributed by atoms with E-state index >= 15 is 0 Å². The first-order valence-electron chi connectivity index (χ1n) is 5.71. The van der Waals surface area contributed by atoms with Crippen molar-refractivity contribution < 1.29 is 14.3 Å². The largest absolute Gasteiger partial charge is 0.464 e. The minimum absolute atomic E-state index is 0.177. The number of allylic oxidation sites excluding steroid dienone is 2. The first-order valence-corrected chi connectivity index (χ1v) is 5.71. The lowest BCUT2D eigenvalue weighted by Gasteiger charge is -2.06.